The van der Waals surface area contributed by atoms with Crippen LogP contribution in [0.4, 0.5) is 5.69 Å². The zero-order valence-corrected chi connectivity index (χ0v) is 15.0. The molecular formula is C22H20N4O. The number of pyridine rings is 1. The van der Waals surface area contributed by atoms with Crippen LogP contribution in [0.5, 0.6) is 0 Å². The van der Waals surface area contributed by atoms with Gasteiger partial charge in [0.05, 0.1) is 34.4 Å². The first kappa shape index (κ1) is 15.2. The van der Waals surface area contributed by atoms with Gasteiger partial charge in [0.2, 0.25) is 0 Å². The average molecular weight is 356 g/mol. The fraction of sp³-hybridized carbons (Fsp3) is 0.273. The van der Waals surface area contributed by atoms with E-state index in [9.17, 15) is 0 Å². The molecule has 0 unspecified atom stereocenters. The largest absolute Gasteiger partial charge is 0.370 e. The van der Waals surface area contributed by atoms with E-state index < -0.39 is 0 Å². The van der Waals surface area contributed by atoms with Gasteiger partial charge in [-0.2, -0.15) is 0 Å². The Morgan fingerprint density at radius 1 is 0.926 bits per heavy atom. The van der Waals surface area contributed by atoms with Gasteiger partial charge in [0, 0.05) is 18.5 Å². The van der Waals surface area contributed by atoms with Gasteiger partial charge in [-0.15, -0.1) is 0 Å². The fourth-order valence-electron chi connectivity index (χ4n) is 4.20. The van der Waals surface area contributed by atoms with Crippen molar-refractivity contribution >= 4 is 27.6 Å². The molecule has 0 radical (unpaired) electrons. The lowest BCUT2D eigenvalue weighted by Crippen LogP contribution is -2.37. The van der Waals surface area contributed by atoms with Crippen molar-refractivity contribution in [3.05, 3.63) is 60.9 Å². The predicted molar refractivity (Wildman–Crippen MR) is 107 cm³/mol. The molecule has 27 heavy (non-hydrogen) atoms. The third-order valence-electron chi connectivity index (χ3n) is 5.95. The van der Waals surface area contributed by atoms with Crippen molar-refractivity contribution in [3.8, 4) is 5.82 Å². The number of hydrogen-bond acceptors (Lipinski definition) is 4. The normalized spacial score (nSPS) is 18.4. The second-order valence-electron chi connectivity index (χ2n) is 7.58. The smallest absolute Gasteiger partial charge is 0.139 e. The maximum atomic E-state index is 5.67. The van der Waals surface area contributed by atoms with Crippen LogP contribution in [0.1, 0.15) is 12.8 Å². The van der Waals surface area contributed by atoms with E-state index in [-0.39, 0.29) is 5.60 Å². The third-order valence-corrected chi connectivity index (χ3v) is 5.95. The van der Waals surface area contributed by atoms with E-state index in [1.165, 1.54) is 11.1 Å². The summed E-state index contributed by atoms with van der Waals surface area (Å²) in [6, 6.07) is 18.9. The lowest BCUT2D eigenvalue weighted by atomic mass is 9.97. The molecule has 4 aromatic rings. The Labute approximate surface area is 157 Å². The first-order valence-electron chi connectivity index (χ1n) is 9.53. The van der Waals surface area contributed by atoms with Gasteiger partial charge in [0.15, 0.2) is 0 Å². The molecule has 2 aliphatic rings. The summed E-state index contributed by atoms with van der Waals surface area (Å²) in [6.07, 6.45) is 4.07. The second-order valence-corrected chi connectivity index (χ2v) is 7.58. The minimum Gasteiger partial charge on any atom is -0.370 e. The standard InChI is InChI=1S/C22H20N4O/c1-2-6-18-17(5-1)23-15-26(18)20-9-8-16-4-3-7-19(21(16)24-20)25-12-10-22(11-13-25)14-27-22/h1-9,15H,10-14H2. The Bertz CT molecular complexity index is 1150. The highest BCUT2D eigenvalue weighted by Crippen LogP contribution is 2.40. The Balaban J connectivity index is 1.45. The number of piperidine rings is 1. The zero-order valence-electron chi connectivity index (χ0n) is 15.0. The maximum absolute atomic E-state index is 5.67. The molecule has 0 aliphatic carbocycles. The summed E-state index contributed by atoms with van der Waals surface area (Å²) >= 11 is 0. The summed E-state index contributed by atoms with van der Waals surface area (Å²) in [5.41, 5.74) is 4.52. The number of nitrogens with zero attached hydrogens (tertiary/aromatic N) is 4. The van der Waals surface area contributed by atoms with Gasteiger partial charge < -0.3 is 9.64 Å². The number of ether oxygens (including phenoxy) is 1. The van der Waals surface area contributed by atoms with Crippen molar-refractivity contribution in [3.63, 3.8) is 0 Å². The molecule has 0 atom stereocenters. The number of epoxide rings is 1. The van der Waals surface area contributed by atoms with Crippen LogP contribution in [0.2, 0.25) is 0 Å². The van der Waals surface area contributed by atoms with Crippen LogP contribution in [-0.2, 0) is 4.74 Å². The number of rotatable bonds is 2. The third kappa shape index (κ3) is 2.42. The predicted octanol–water partition coefficient (Wildman–Crippen LogP) is 3.94. The Morgan fingerprint density at radius 2 is 1.78 bits per heavy atom. The number of hydrogen-bond donors (Lipinski definition) is 0. The van der Waals surface area contributed by atoms with E-state index in [2.05, 4.69) is 50.8 Å². The van der Waals surface area contributed by atoms with Crippen molar-refractivity contribution < 1.29 is 4.74 Å². The zero-order chi connectivity index (χ0) is 17.8. The molecule has 2 saturated heterocycles. The van der Waals surface area contributed by atoms with Crippen molar-refractivity contribution in [2.75, 3.05) is 24.6 Å². The van der Waals surface area contributed by atoms with E-state index in [1.54, 1.807) is 0 Å². The Morgan fingerprint density at radius 3 is 2.63 bits per heavy atom. The Hall–Kier alpha value is -2.92. The van der Waals surface area contributed by atoms with Crippen LogP contribution in [0.3, 0.4) is 0 Å². The van der Waals surface area contributed by atoms with Gasteiger partial charge in [0.25, 0.3) is 0 Å². The summed E-state index contributed by atoms with van der Waals surface area (Å²) in [7, 11) is 0. The molecule has 2 aromatic carbocycles. The molecule has 0 saturated carbocycles. The van der Waals surface area contributed by atoms with E-state index in [4.69, 9.17) is 9.72 Å². The highest BCUT2D eigenvalue weighted by Gasteiger charge is 2.46. The van der Waals surface area contributed by atoms with Crippen molar-refractivity contribution in [2.24, 2.45) is 0 Å². The van der Waals surface area contributed by atoms with E-state index >= 15 is 0 Å². The number of para-hydroxylation sites is 3. The number of fused-ring (bicyclic) bond motifs is 2. The molecular weight excluding hydrogens is 336 g/mol. The second kappa shape index (κ2) is 5.54. The molecule has 0 amide bonds. The molecule has 2 fully saturated rings. The molecule has 0 bridgehead atoms. The van der Waals surface area contributed by atoms with Gasteiger partial charge >= 0.3 is 0 Å². The Kier molecular flexibility index (Phi) is 3.11. The first-order valence-corrected chi connectivity index (χ1v) is 9.53. The van der Waals surface area contributed by atoms with Crippen molar-refractivity contribution in [1.29, 1.82) is 0 Å². The van der Waals surface area contributed by atoms with Crippen LogP contribution >= 0.6 is 0 Å². The maximum Gasteiger partial charge on any atom is 0.139 e. The molecule has 2 aromatic heterocycles. The van der Waals surface area contributed by atoms with Gasteiger partial charge in [-0.3, -0.25) is 4.57 Å². The minimum atomic E-state index is 0.190. The number of anilines is 1. The SMILES string of the molecule is c1cc(N2CCC3(CC2)CO3)c2nc(-n3cnc4ccccc43)ccc2c1. The molecule has 0 N–H and O–H groups in total. The summed E-state index contributed by atoms with van der Waals surface area (Å²) < 4.78 is 7.73. The van der Waals surface area contributed by atoms with E-state index in [1.807, 2.05) is 24.5 Å². The van der Waals surface area contributed by atoms with Gasteiger partial charge in [-0.1, -0.05) is 24.3 Å². The molecule has 6 rings (SSSR count). The highest BCUT2D eigenvalue weighted by atomic mass is 16.6. The fourth-order valence-corrected chi connectivity index (χ4v) is 4.20. The average Bonchev–Trinajstić information content (AvgIpc) is 3.33. The van der Waals surface area contributed by atoms with Gasteiger partial charge in [-0.25, -0.2) is 9.97 Å². The molecule has 4 heterocycles. The van der Waals surface area contributed by atoms with Crippen LogP contribution in [-0.4, -0.2) is 39.8 Å². The summed E-state index contributed by atoms with van der Waals surface area (Å²) in [5.74, 6) is 0.905. The lowest BCUT2D eigenvalue weighted by molar-refractivity contribution is 0.259. The summed E-state index contributed by atoms with van der Waals surface area (Å²) in [6.45, 7) is 2.99. The molecule has 5 heteroatoms. The molecule has 134 valence electrons. The highest BCUT2D eigenvalue weighted by molar-refractivity contribution is 5.92. The molecule has 2 aliphatic heterocycles. The van der Waals surface area contributed by atoms with Crippen LogP contribution in [0.15, 0.2) is 60.9 Å². The van der Waals surface area contributed by atoms with Gasteiger partial charge in [0.1, 0.15) is 12.1 Å². The summed E-state index contributed by atoms with van der Waals surface area (Å²) in [4.78, 5) is 12.0. The van der Waals surface area contributed by atoms with Crippen LogP contribution < -0.4 is 4.90 Å². The monoisotopic (exact) mass is 356 g/mol. The number of imidazole rings is 1. The number of benzene rings is 2. The van der Waals surface area contributed by atoms with Crippen molar-refractivity contribution in [1.82, 2.24) is 14.5 Å². The van der Waals surface area contributed by atoms with Crippen LogP contribution in [0.25, 0.3) is 27.8 Å². The summed E-state index contributed by atoms with van der Waals surface area (Å²) in [5, 5.41) is 1.17. The van der Waals surface area contributed by atoms with Crippen LogP contribution in [0, 0.1) is 0 Å². The first-order chi connectivity index (χ1) is 13.3. The quantitative estimate of drug-likeness (QED) is 0.510. The number of aromatic nitrogens is 3. The topological polar surface area (TPSA) is 46.5 Å². The van der Waals surface area contributed by atoms with Gasteiger partial charge in [-0.05, 0) is 43.2 Å². The molecule has 1 spiro atoms. The van der Waals surface area contributed by atoms with Crippen molar-refractivity contribution in [2.45, 2.75) is 18.4 Å². The minimum absolute atomic E-state index is 0.190. The van der Waals surface area contributed by atoms with E-state index in [0.29, 0.717) is 0 Å². The lowest BCUT2D eigenvalue weighted by Gasteiger charge is -2.32. The van der Waals surface area contributed by atoms with E-state index in [0.717, 1.165) is 54.9 Å². The molecule has 5 nitrogen and oxygen atoms in total.